The van der Waals surface area contributed by atoms with E-state index in [2.05, 4.69) is 5.32 Å². The van der Waals surface area contributed by atoms with Crippen molar-refractivity contribution in [3.8, 4) is 0 Å². The van der Waals surface area contributed by atoms with Crippen LogP contribution in [0.2, 0.25) is 0 Å². The third-order valence-corrected chi connectivity index (χ3v) is 5.54. The second-order valence-electron chi connectivity index (χ2n) is 5.53. The Labute approximate surface area is 142 Å². The normalized spacial score (nSPS) is 12.8. The highest BCUT2D eigenvalue weighted by Crippen LogP contribution is 2.15. The molecule has 0 saturated heterocycles. The first-order chi connectivity index (χ1) is 11.2. The van der Waals surface area contributed by atoms with Gasteiger partial charge in [0.15, 0.2) is 0 Å². The number of aliphatic carboxylic acids is 1. The van der Waals surface area contributed by atoms with Crippen molar-refractivity contribution in [1.29, 1.82) is 0 Å². The van der Waals surface area contributed by atoms with Gasteiger partial charge in [0.25, 0.3) is 0 Å². The number of amides is 1. The second-order valence-corrected chi connectivity index (χ2v) is 7.46. The quantitative estimate of drug-likeness (QED) is 0.687. The highest BCUT2D eigenvalue weighted by molar-refractivity contribution is 7.88. The first kappa shape index (κ1) is 20.1. The van der Waals surface area contributed by atoms with Gasteiger partial charge in [0.1, 0.15) is 6.04 Å². The van der Waals surface area contributed by atoms with Gasteiger partial charge in [0, 0.05) is 20.0 Å². The predicted molar refractivity (Wildman–Crippen MR) is 90.9 cm³/mol. The monoisotopic (exact) mass is 356 g/mol. The maximum Gasteiger partial charge on any atom is 0.321 e. The summed E-state index contributed by atoms with van der Waals surface area (Å²) in [5, 5.41) is 11.6. The summed E-state index contributed by atoms with van der Waals surface area (Å²) >= 11 is 0. The minimum Gasteiger partial charge on any atom is -0.480 e. The van der Waals surface area contributed by atoms with E-state index < -0.39 is 22.0 Å². The van der Waals surface area contributed by atoms with Crippen LogP contribution in [0.5, 0.6) is 0 Å². The van der Waals surface area contributed by atoms with Gasteiger partial charge in [-0.3, -0.25) is 9.59 Å². The van der Waals surface area contributed by atoms with Crippen molar-refractivity contribution in [2.45, 2.75) is 39.0 Å². The topological polar surface area (TPSA) is 104 Å². The lowest BCUT2D eigenvalue weighted by molar-refractivity contribution is -0.140. The highest BCUT2D eigenvalue weighted by atomic mass is 32.2. The molecule has 0 aromatic heterocycles. The number of nitrogens with zero attached hydrogens (tertiary/aromatic N) is 1. The molecule has 0 radical (unpaired) electrons. The zero-order valence-corrected chi connectivity index (χ0v) is 15.0. The van der Waals surface area contributed by atoms with Gasteiger partial charge in [-0.05, 0) is 24.5 Å². The summed E-state index contributed by atoms with van der Waals surface area (Å²) in [6, 6.07) is 5.96. The van der Waals surface area contributed by atoms with Crippen LogP contribution < -0.4 is 5.32 Å². The fourth-order valence-corrected chi connectivity index (χ4v) is 3.92. The Kier molecular flexibility index (Phi) is 7.37. The average Bonchev–Trinajstić information content (AvgIpc) is 2.50. The number of aryl methyl sites for hydroxylation is 1. The third kappa shape index (κ3) is 5.93. The molecule has 1 unspecified atom stereocenters. The van der Waals surface area contributed by atoms with E-state index in [4.69, 9.17) is 5.11 Å². The van der Waals surface area contributed by atoms with Crippen LogP contribution in [0, 0.1) is 0 Å². The standard InChI is InChI=1S/C16H24N2O5S/c1-4-14-5-7-15(8-6-14)11-24(22,23)18(12(2)16(20)21)10-9-17-13(3)19/h5-8,12H,4,9-11H2,1-3H3,(H,17,19)(H,20,21). The van der Waals surface area contributed by atoms with Crippen molar-refractivity contribution in [1.82, 2.24) is 9.62 Å². The number of carboxylic acids is 1. The fourth-order valence-electron chi connectivity index (χ4n) is 2.20. The first-order valence-corrected chi connectivity index (χ1v) is 9.33. The maximum atomic E-state index is 12.6. The van der Waals surface area contributed by atoms with E-state index in [0.717, 1.165) is 16.3 Å². The maximum absolute atomic E-state index is 12.6. The van der Waals surface area contributed by atoms with E-state index >= 15 is 0 Å². The van der Waals surface area contributed by atoms with Gasteiger partial charge >= 0.3 is 5.97 Å². The van der Waals surface area contributed by atoms with E-state index in [1.165, 1.54) is 13.8 Å². The molecular formula is C16H24N2O5S. The molecule has 0 saturated carbocycles. The molecule has 1 amide bonds. The lowest BCUT2D eigenvalue weighted by Crippen LogP contribution is -2.47. The number of nitrogens with one attached hydrogen (secondary N) is 1. The molecule has 0 heterocycles. The number of carboxylic acid groups (broad SMARTS) is 1. The molecule has 8 heteroatoms. The van der Waals surface area contributed by atoms with Crippen molar-refractivity contribution in [3.63, 3.8) is 0 Å². The molecule has 0 bridgehead atoms. The van der Waals surface area contributed by atoms with Crippen molar-refractivity contribution >= 4 is 21.9 Å². The van der Waals surface area contributed by atoms with Crippen LogP contribution in [0.1, 0.15) is 31.9 Å². The Morgan fingerprint density at radius 3 is 2.21 bits per heavy atom. The van der Waals surface area contributed by atoms with Crippen molar-refractivity contribution in [2.24, 2.45) is 0 Å². The van der Waals surface area contributed by atoms with Gasteiger partial charge in [-0.15, -0.1) is 0 Å². The smallest absolute Gasteiger partial charge is 0.321 e. The molecular weight excluding hydrogens is 332 g/mol. The van der Waals surface area contributed by atoms with E-state index in [0.29, 0.717) is 5.56 Å². The van der Waals surface area contributed by atoms with Crippen LogP contribution in [-0.4, -0.2) is 48.8 Å². The Bertz CT molecular complexity index is 670. The van der Waals surface area contributed by atoms with Crippen molar-refractivity contribution < 1.29 is 23.1 Å². The number of hydrogen-bond donors (Lipinski definition) is 2. The molecule has 24 heavy (non-hydrogen) atoms. The van der Waals surface area contributed by atoms with Gasteiger partial charge in [-0.2, -0.15) is 4.31 Å². The van der Waals surface area contributed by atoms with Gasteiger partial charge in [0.05, 0.1) is 5.75 Å². The summed E-state index contributed by atoms with van der Waals surface area (Å²) in [5.41, 5.74) is 1.69. The Morgan fingerprint density at radius 1 is 1.21 bits per heavy atom. The largest absolute Gasteiger partial charge is 0.480 e. The molecule has 0 spiro atoms. The number of sulfonamides is 1. The number of carbonyl (C=O) groups is 2. The van der Waals surface area contributed by atoms with Crippen LogP contribution in [0.4, 0.5) is 0 Å². The Balaban J connectivity index is 2.95. The van der Waals surface area contributed by atoms with Gasteiger partial charge in [-0.25, -0.2) is 8.42 Å². The minimum absolute atomic E-state index is 0.0565. The van der Waals surface area contributed by atoms with Gasteiger partial charge in [0.2, 0.25) is 15.9 Å². The predicted octanol–water partition coefficient (Wildman–Crippen LogP) is 0.990. The lowest BCUT2D eigenvalue weighted by Gasteiger charge is -2.25. The summed E-state index contributed by atoms with van der Waals surface area (Å²) in [7, 11) is -3.84. The second kappa shape index (κ2) is 8.79. The average molecular weight is 356 g/mol. The fraction of sp³-hybridized carbons (Fsp3) is 0.500. The SMILES string of the molecule is CCc1ccc(CS(=O)(=O)N(CCNC(C)=O)C(C)C(=O)O)cc1. The molecule has 0 aliphatic heterocycles. The molecule has 1 aromatic carbocycles. The summed E-state index contributed by atoms with van der Waals surface area (Å²) in [6.07, 6.45) is 0.853. The van der Waals surface area contributed by atoms with Crippen LogP contribution >= 0.6 is 0 Å². The summed E-state index contributed by atoms with van der Waals surface area (Å²) in [4.78, 5) is 22.2. The van der Waals surface area contributed by atoms with Crippen LogP contribution in [-0.2, 0) is 31.8 Å². The lowest BCUT2D eigenvalue weighted by atomic mass is 10.1. The molecule has 1 atom stereocenters. The molecule has 0 fully saturated rings. The van der Waals surface area contributed by atoms with Crippen molar-refractivity contribution in [2.75, 3.05) is 13.1 Å². The molecule has 2 N–H and O–H groups in total. The molecule has 134 valence electrons. The number of hydrogen-bond acceptors (Lipinski definition) is 4. The van der Waals surface area contributed by atoms with Crippen LogP contribution in [0.25, 0.3) is 0 Å². The van der Waals surface area contributed by atoms with Crippen LogP contribution in [0.15, 0.2) is 24.3 Å². The molecule has 0 aliphatic carbocycles. The van der Waals surface area contributed by atoms with Crippen molar-refractivity contribution in [3.05, 3.63) is 35.4 Å². The van der Waals surface area contributed by atoms with Gasteiger partial charge in [-0.1, -0.05) is 31.2 Å². The third-order valence-electron chi connectivity index (χ3n) is 3.63. The van der Waals surface area contributed by atoms with E-state index in [1.807, 2.05) is 19.1 Å². The Morgan fingerprint density at radius 2 is 1.75 bits per heavy atom. The number of carbonyl (C=O) groups excluding carboxylic acids is 1. The van der Waals surface area contributed by atoms with Crippen LogP contribution in [0.3, 0.4) is 0 Å². The first-order valence-electron chi connectivity index (χ1n) is 7.72. The number of rotatable bonds is 9. The Hall–Kier alpha value is -1.93. The molecule has 1 rings (SSSR count). The summed E-state index contributed by atoms with van der Waals surface area (Å²) < 4.78 is 26.2. The van der Waals surface area contributed by atoms with Gasteiger partial charge < -0.3 is 10.4 Å². The molecule has 1 aromatic rings. The zero-order chi connectivity index (χ0) is 18.3. The van der Waals surface area contributed by atoms with E-state index in [9.17, 15) is 18.0 Å². The highest BCUT2D eigenvalue weighted by Gasteiger charge is 2.31. The summed E-state index contributed by atoms with van der Waals surface area (Å²) in [6.45, 7) is 4.59. The molecule has 7 nitrogen and oxygen atoms in total. The minimum atomic E-state index is -3.84. The number of benzene rings is 1. The van der Waals surface area contributed by atoms with E-state index in [-0.39, 0.29) is 24.7 Å². The zero-order valence-electron chi connectivity index (χ0n) is 14.2. The molecule has 0 aliphatic rings. The summed E-state index contributed by atoms with van der Waals surface area (Å²) in [5.74, 6) is -1.82. The van der Waals surface area contributed by atoms with E-state index in [1.54, 1.807) is 12.1 Å².